The van der Waals surface area contributed by atoms with Gasteiger partial charge in [0.15, 0.2) is 5.16 Å². The van der Waals surface area contributed by atoms with Crippen LogP contribution in [0.1, 0.15) is 61.0 Å². The molecule has 21 heavy (non-hydrogen) atoms. The highest BCUT2D eigenvalue weighted by atomic mass is 32.2. The summed E-state index contributed by atoms with van der Waals surface area (Å²) in [5.41, 5.74) is 2.15. The summed E-state index contributed by atoms with van der Waals surface area (Å²) in [5.74, 6) is 2.77. The molecular formula is C15H22N4OS. The van der Waals surface area contributed by atoms with E-state index in [-0.39, 0.29) is 0 Å². The number of hydrogen-bond donors (Lipinski definition) is 0. The van der Waals surface area contributed by atoms with Crippen LogP contribution in [0.15, 0.2) is 9.68 Å². The first-order valence-corrected chi connectivity index (χ1v) is 8.61. The molecule has 6 heteroatoms. The lowest BCUT2D eigenvalue weighted by Gasteiger charge is -2.24. The molecule has 2 aromatic rings. The molecule has 0 bridgehead atoms. The average molecular weight is 306 g/mol. The van der Waals surface area contributed by atoms with E-state index in [0.717, 1.165) is 28.2 Å². The van der Waals surface area contributed by atoms with E-state index in [1.807, 2.05) is 13.8 Å². The minimum absolute atomic E-state index is 0.570. The van der Waals surface area contributed by atoms with Gasteiger partial charge in [0.2, 0.25) is 0 Å². The second-order valence-corrected chi connectivity index (χ2v) is 6.73. The zero-order valence-electron chi connectivity index (χ0n) is 12.9. The van der Waals surface area contributed by atoms with Gasteiger partial charge in [-0.15, -0.1) is 10.2 Å². The molecule has 0 aromatic carbocycles. The van der Waals surface area contributed by atoms with Crippen LogP contribution in [0.3, 0.4) is 0 Å². The maximum absolute atomic E-state index is 5.23. The van der Waals surface area contributed by atoms with Crippen LogP contribution in [0.2, 0.25) is 0 Å². The Bertz CT molecular complexity index is 594. The molecule has 0 N–H and O–H groups in total. The molecule has 1 saturated carbocycles. The highest BCUT2D eigenvalue weighted by Crippen LogP contribution is 2.33. The van der Waals surface area contributed by atoms with Gasteiger partial charge in [-0.3, -0.25) is 0 Å². The second-order valence-electron chi connectivity index (χ2n) is 5.78. The summed E-state index contributed by atoms with van der Waals surface area (Å²) < 4.78 is 7.56. The van der Waals surface area contributed by atoms with Crippen LogP contribution >= 0.6 is 11.8 Å². The summed E-state index contributed by atoms with van der Waals surface area (Å²) in [7, 11) is 0. The van der Waals surface area contributed by atoms with Gasteiger partial charge >= 0.3 is 0 Å². The normalized spacial score (nSPS) is 16.5. The molecular weight excluding hydrogens is 284 g/mol. The highest BCUT2D eigenvalue weighted by Gasteiger charge is 2.22. The minimum atomic E-state index is 0.570. The van der Waals surface area contributed by atoms with E-state index in [0.29, 0.717) is 6.04 Å². The molecule has 1 aliphatic carbocycles. The van der Waals surface area contributed by atoms with Gasteiger partial charge in [0.1, 0.15) is 11.6 Å². The number of thioether (sulfide) groups is 1. The van der Waals surface area contributed by atoms with Gasteiger partial charge in [0.05, 0.1) is 5.69 Å². The number of aromatic nitrogens is 4. The van der Waals surface area contributed by atoms with E-state index >= 15 is 0 Å². The molecule has 0 atom stereocenters. The molecule has 3 rings (SSSR count). The van der Waals surface area contributed by atoms with Crippen molar-refractivity contribution in [2.75, 3.05) is 0 Å². The first-order chi connectivity index (χ1) is 10.2. The Morgan fingerprint density at radius 1 is 1.14 bits per heavy atom. The van der Waals surface area contributed by atoms with E-state index in [1.165, 1.54) is 37.7 Å². The number of aryl methyl sites for hydroxylation is 3. The molecule has 0 spiro atoms. The van der Waals surface area contributed by atoms with Gasteiger partial charge in [0, 0.05) is 17.4 Å². The number of nitrogens with zero attached hydrogens (tertiary/aromatic N) is 4. The van der Waals surface area contributed by atoms with Crippen molar-refractivity contribution < 1.29 is 4.52 Å². The van der Waals surface area contributed by atoms with Crippen LogP contribution in [-0.4, -0.2) is 19.9 Å². The second kappa shape index (κ2) is 6.22. The monoisotopic (exact) mass is 306 g/mol. The van der Waals surface area contributed by atoms with Gasteiger partial charge < -0.3 is 9.09 Å². The maximum Gasteiger partial charge on any atom is 0.191 e. The molecule has 2 aromatic heterocycles. The average Bonchev–Trinajstić information content (AvgIpc) is 3.01. The highest BCUT2D eigenvalue weighted by molar-refractivity contribution is 7.98. The summed E-state index contributed by atoms with van der Waals surface area (Å²) >= 11 is 1.74. The topological polar surface area (TPSA) is 56.7 Å². The summed E-state index contributed by atoms with van der Waals surface area (Å²) in [5, 5.41) is 13.7. The van der Waals surface area contributed by atoms with Crippen molar-refractivity contribution >= 4 is 11.8 Å². The molecule has 1 fully saturated rings. The van der Waals surface area contributed by atoms with Gasteiger partial charge in [-0.25, -0.2) is 0 Å². The van der Waals surface area contributed by atoms with Crippen LogP contribution in [0.4, 0.5) is 0 Å². The fourth-order valence-corrected chi connectivity index (χ4v) is 4.26. The molecule has 0 amide bonds. The van der Waals surface area contributed by atoms with Crippen molar-refractivity contribution in [2.45, 2.75) is 69.8 Å². The molecule has 2 heterocycles. The molecule has 0 unspecified atom stereocenters. The van der Waals surface area contributed by atoms with E-state index in [9.17, 15) is 0 Å². The number of hydrogen-bond acceptors (Lipinski definition) is 5. The van der Waals surface area contributed by atoms with Gasteiger partial charge in [-0.2, -0.15) is 0 Å². The first kappa shape index (κ1) is 14.6. The van der Waals surface area contributed by atoms with Crippen molar-refractivity contribution in [1.29, 1.82) is 0 Å². The molecule has 0 radical (unpaired) electrons. The molecule has 0 saturated heterocycles. The lowest BCUT2D eigenvalue weighted by atomic mass is 9.95. The maximum atomic E-state index is 5.23. The van der Waals surface area contributed by atoms with Crippen molar-refractivity contribution in [3.05, 3.63) is 22.8 Å². The smallest absolute Gasteiger partial charge is 0.191 e. The SMILES string of the molecule is Cc1noc(C)c1CSc1nnc(C)n1C1CCCCC1. The van der Waals surface area contributed by atoms with Gasteiger partial charge in [0.25, 0.3) is 0 Å². The Morgan fingerprint density at radius 3 is 2.57 bits per heavy atom. The van der Waals surface area contributed by atoms with Crippen molar-refractivity contribution in [3.8, 4) is 0 Å². The first-order valence-electron chi connectivity index (χ1n) is 7.63. The van der Waals surface area contributed by atoms with Crippen LogP contribution in [0, 0.1) is 20.8 Å². The standard InChI is InChI=1S/C15H22N4OS/c1-10-14(11(2)20-18-10)9-21-15-17-16-12(3)19(15)13-7-5-4-6-8-13/h13H,4-9H2,1-3H3. The van der Waals surface area contributed by atoms with Crippen LogP contribution < -0.4 is 0 Å². The summed E-state index contributed by atoms with van der Waals surface area (Å²) in [6, 6.07) is 0.570. The fraction of sp³-hybridized carbons (Fsp3) is 0.667. The van der Waals surface area contributed by atoms with E-state index in [2.05, 4.69) is 26.8 Å². The Labute approximate surface area is 129 Å². The largest absolute Gasteiger partial charge is 0.361 e. The molecule has 5 nitrogen and oxygen atoms in total. The van der Waals surface area contributed by atoms with Gasteiger partial charge in [-0.05, 0) is 33.6 Å². The summed E-state index contributed by atoms with van der Waals surface area (Å²) in [6.45, 7) is 6.01. The molecule has 114 valence electrons. The van der Waals surface area contributed by atoms with Gasteiger partial charge in [-0.1, -0.05) is 36.2 Å². The van der Waals surface area contributed by atoms with E-state index in [1.54, 1.807) is 11.8 Å². The lowest BCUT2D eigenvalue weighted by Crippen LogP contribution is -2.15. The fourth-order valence-electron chi connectivity index (χ4n) is 3.05. The Morgan fingerprint density at radius 2 is 1.90 bits per heavy atom. The Hall–Kier alpha value is -1.30. The zero-order valence-corrected chi connectivity index (χ0v) is 13.7. The quantitative estimate of drug-likeness (QED) is 0.799. The van der Waals surface area contributed by atoms with Crippen molar-refractivity contribution in [1.82, 2.24) is 19.9 Å². The Balaban J connectivity index is 1.77. The lowest BCUT2D eigenvalue weighted by molar-refractivity contribution is 0.332. The van der Waals surface area contributed by atoms with E-state index < -0.39 is 0 Å². The van der Waals surface area contributed by atoms with E-state index in [4.69, 9.17) is 4.52 Å². The van der Waals surface area contributed by atoms with Crippen molar-refractivity contribution in [2.24, 2.45) is 0 Å². The summed E-state index contributed by atoms with van der Waals surface area (Å²) in [6.07, 6.45) is 6.49. The Kier molecular flexibility index (Phi) is 4.33. The minimum Gasteiger partial charge on any atom is -0.361 e. The van der Waals surface area contributed by atoms with Crippen LogP contribution in [0.25, 0.3) is 0 Å². The zero-order chi connectivity index (χ0) is 14.8. The van der Waals surface area contributed by atoms with Crippen LogP contribution in [-0.2, 0) is 5.75 Å². The summed E-state index contributed by atoms with van der Waals surface area (Å²) in [4.78, 5) is 0. The predicted octanol–water partition coefficient (Wildman–Crippen LogP) is 3.99. The van der Waals surface area contributed by atoms with Crippen molar-refractivity contribution in [3.63, 3.8) is 0 Å². The third-order valence-electron chi connectivity index (χ3n) is 4.30. The molecule has 1 aliphatic rings. The third-order valence-corrected chi connectivity index (χ3v) is 5.27. The van der Waals surface area contributed by atoms with Crippen LogP contribution in [0.5, 0.6) is 0 Å². The number of rotatable bonds is 4. The molecule has 0 aliphatic heterocycles. The predicted molar refractivity (Wildman–Crippen MR) is 82.4 cm³/mol. The third kappa shape index (κ3) is 3.00.